The van der Waals surface area contributed by atoms with Crippen molar-refractivity contribution in [3.05, 3.63) is 27.7 Å². The van der Waals surface area contributed by atoms with Crippen molar-refractivity contribution in [3.63, 3.8) is 0 Å². The minimum atomic E-state index is -4.74. The number of ether oxygens (including phenoxy) is 2. The standard InChI is InChI=1S/C11H9BrF3N3O2S/c1-16-10-18-17-9(21-10)5-19-6-2-3-8(7(12)4-6)20-11(13,14)15/h2-4H,5H2,1H3,(H,16,18). The number of halogens is 4. The molecule has 21 heavy (non-hydrogen) atoms. The van der Waals surface area contributed by atoms with Gasteiger partial charge in [0, 0.05) is 7.05 Å². The fourth-order valence-corrected chi connectivity index (χ4v) is 2.38. The summed E-state index contributed by atoms with van der Waals surface area (Å²) < 4.78 is 45.8. The summed E-state index contributed by atoms with van der Waals surface area (Å²) in [7, 11) is 1.72. The number of anilines is 1. The van der Waals surface area contributed by atoms with Crippen molar-refractivity contribution in [1.82, 2.24) is 10.2 Å². The predicted octanol–water partition coefficient (Wildman–Crippen LogP) is 3.82. The van der Waals surface area contributed by atoms with Gasteiger partial charge in [-0.1, -0.05) is 11.3 Å². The highest BCUT2D eigenvalue weighted by molar-refractivity contribution is 9.10. The van der Waals surface area contributed by atoms with Crippen LogP contribution in [-0.2, 0) is 6.61 Å². The van der Waals surface area contributed by atoms with E-state index in [1.54, 1.807) is 7.05 Å². The molecule has 0 aliphatic rings. The second-order valence-electron chi connectivity index (χ2n) is 3.68. The van der Waals surface area contributed by atoms with E-state index in [-0.39, 0.29) is 16.8 Å². The van der Waals surface area contributed by atoms with E-state index in [1.807, 2.05) is 0 Å². The molecule has 0 saturated heterocycles. The summed E-state index contributed by atoms with van der Waals surface area (Å²) in [6, 6.07) is 3.94. The Morgan fingerprint density at radius 3 is 2.67 bits per heavy atom. The molecule has 0 fully saturated rings. The van der Waals surface area contributed by atoms with Crippen molar-refractivity contribution in [3.8, 4) is 11.5 Å². The topological polar surface area (TPSA) is 56.3 Å². The molecule has 0 spiro atoms. The molecule has 1 heterocycles. The van der Waals surface area contributed by atoms with E-state index in [9.17, 15) is 13.2 Å². The maximum absolute atomic E-state index is 12.1. The second-order valence-corrected chi connectivity index (χ2v) is 5.60. The summed E-state index contributed by atoms with van der Waals surface area (Å²) in [6.45, 7) is 0.172. The number of hydrogen-bond donors (Lipinski definition) is 1. The molecule has 114 valence electrons. The van der Waals surface area contributed by atoms with Gasteiger partial charge in [-0.05, 0) is 34.1 Å². The largest absolute Gasteiger partial charge is 0.573 e. The van der Waals surface area contributed by atoms with Crippen molar-refractivity contribution < 1.29 is 22.6 Å². The van der Waals surface area contributed by atoms with Gasteiger partial charge in [0.05, 0.1) is 4.47 Å². The van der Waals surface area contributed by atoms with E-state index in [1.165, 1.54) is 29.5 Å². The van der Waals surface area contributed by atoms with Crippen LogP contribution in [0.25, 0.3) is 0 Å². The Hall–Kier alpha value is -1.55. The molecule has 1 aromatic carbocycles. The maximum Gasteiger partial charge on any atom is 0.573 e. The summed E-state index contributed by atoms with van der Waals surface area (Å²) in [5, 5.41) is 11.9. The lowest BCUT2D eigenvalue weighted by Gasteiger charge is -2.11. The van der Waals surface area contributed by atoms with Crippen molar-refractivity contribution in [2.24, 2.45) is 0 Å². The fraction of sp³-hybridized carbons (Fsp3) is 0.273. The van der Waals surface area contributed by atoms with Crippen LogP contribution in [-0.4, -0.2) is 23.6 Å². The third-order valence-corrected chi connectivity index (χ3v) is 3.71. The lowest BCUT2D eigenvalue weighted by atomic mass is 10.3. The van der Waals surface area contributed by atoms with Crippen LogP contribution in [0.5, 0.6) is 11.5 Å². The molecule has 2 rings (SSSR count). The van der Waals surface area contributed by atoms with Crippen LogP contribution in [0.4, 0.5) is 18.3 Å². The number of aromatic nitrogens is 2. The fourth-order valence-electron chi connectivity index (χ4n) is 1.34. The van der Waals surface area contributed by atoms with Crippen LogP contribution in [0.2, 0.25) is 0 Å². The maximum atomic E-state index is 12.1. The van der Waals surface area contributed by atoms with Gasteiger partial charge in [0.15, 0.2) is 5.01 Å². The third kappa shape index (κ3) is 4.74. The highest BCUT2D eigenvalue weighted by Gasteiger charge is 2.32. The minimum absolute atomic E-state index is 0.144. The van der Waals surface area contributed by atoms with Crippen molar-refractivity contribution in [2.45, 2.75) is 13.0 Å². The van der Waals surface area contributed by atoms with Crippen LogP contribution in [0, 0.1) is 0 Å². The first-order valence-electron chi connectivity index (χ1n) is 5.55. The van der Waals surface area contributed by atoms with Gasteiger partial charge in [0.1, 0.15) is 18.1 Å². The van der Waals surface area contributed by atoms with E-state index in [0.717, 1.165) is 0 Å². The highest BCUT2D eigenvalue weighted by atomic mass is 79.9. The number of rotatable bonds is 5. The first kappa shape index (κ1) is 15.8. The van der Waals surface area contributed by atoms with Gasteiger partial charge in [-0.2, -0.15) is 0 Å². The Morgan fingerprint density at radius 2 is 2.10 bits per heavy atom. The number of nitrogens with one attached hydrogen (secondary N) is 1. The first-order chi connectivity index (χ1) is 9.87. The minimum Gasteiger partial charge on any atom is -0.486 e. The normalized spacial score (nSPS) is 11.3. The lowest BCUT2D eigenvalue weighted by Crippen LogP contribution is -2.17. The quantitative estimate of drug-likeness (QED) is 0.850. The summed E-state index contributed by atoms with van der Waals surface area (Å²) in [4.78, 5) is 0. The van der Waals surface area contributed by atoms with Crippen molar-refractivity contribution in [1.29, 1.82) is 0 Å². The monoisotopic (exact) mass is 383 g/mol. The Morgan fingerprint density at radius 1 is 1.33 bits per heavy atom. The number of alkyl halides is 3. The Balaban J connectivity index is 1.99. The molecule has 1 aromatic heterocycles. The van der Waals surface area contributed by atoms with E-state index in [2.05, 4.69) is 36.2 Å². The highest BCUT2D eigenvalue weighted by Crippen LogP contribution is 2.33. The van der Waals surface area contributed by atoms with Gasteiger partial charge in [-0.15, -0.1) is 23.4 Å². The molecule has 0 unspecified atom stereocenters. The van der Waals surface area contributed by atoms with Crippen LogP contribution in [0.15, 0.2) is 22.7 Å². The molecule has 0 amide bonds. The van der Waals surface area contributed by atoms with Crippen molar-refractivity contribution >= 4 is 32.4 Å². The molecule has 2 aromatic rings. The van der Waals surface area contributed by atoms with Gasteiger partial charge in [0.2, 0.25) is 5.13 Å². The number of benzene rings is 1. The average molecular weight is 384 g/mol. The van der Waals surface area contributed by atoms with Crippen LogP contribution < -0.4 is 14.8 Å². The van der Waals surface area contributed by atoms with Gasteiger partial charge >= 0.3 is 6.36 Å². The molecule has 0 radical (unpaired) electrons. The first-order valence-corrected chi connectivity index (χ1v) is 7.16. The number of hydrogen-bond acceptors (Lipinski definition) is 6. The molecule has 1 N–H and O–H groups in total. The zero-order chi connectivity index (χ0) is 15.5. The van der Waals surface area contributed by atoms with Crippen LogP contribution in [0.3, 0.4) is 0 Å². The van der Waals surface area contributed by atoms with Crippen molar-refractivity contribution in [2.75, 3.05) is 12.4 Å². The average Bonchev–Trinajstić information content (AvgIpc) is 2.86. The molecule has 5 nitrogen and oxygen atoms in total. The Labute approximate surface area is 130 Å². The SMILES string of the molecule is CNc1nnc(COc2ccc(OC(F)(F)F)c(Br)c2)s1. The summed E-state index contributed by atoms with van der Waals surface area (Å²) in [5.41, 5.74) is 0. The molecular weight excluding hydrogens is 375 g/mol. The van der Waals surface area contributed by atoms with Crippen LogP contribution >= 0.6 is 27.3 Å². The van der Waals surface area contributed by atoms with E-state index >= 15 is 0 Å². The zero-order valence-corrected chi connectivity index (χ0v) is 13.0. The summed E-state index contributed by atoms with van der Waals surface area (Å²) >= 11 is 4.32. The van der Waals surface area contributed by atoms with Crippen LogP contribution in [0.1, 0.15) is 5.01 Å². The summed E-state index contributed by atoms with van der Waals surface area (Å²) in [5.74, 6) is 0.0563. The van der Waals surface area contributed by atoms with Gasteiger partial charge < -0.3 is 14.8 Å². The van der Waals surface area contributed by atoms with E-state index < -0.39 is 6.36 Å². The molecular formula is C11H9BrF3N3O2S. The van der Waals surface area contributed by atoms with E-state index in [0.29, 0.717) is 15.9 Å². The Bertz CT molecular complexity index is 621. The van der Waals surface area contributed by atoms with Gasteiger partial charge in [-0.3, -0.25) is 0 Å². The molecule has 0 atom stereocenters. The molecule has 0 aliphatic heterocycles. The molecule has 0 saturated carbocycles. The summed E-state index contributed by atoms with van der Waals surface area (Å²) in [6.07, 6.45) is -4.74. The zero-order valence-electron chi connectivity index (χ0n) is 10.6. The van der Waals surface area contributed by atoms with Gasteiger partial charge in [0.25, 0.3) is 0 Å². The molecule has 10 heteroatoms. The number of nitrogens with zero attached hydrogens (tertiary/aromatic N) is 2. The molecule has 0 aliphatic carbocycles. The predicted molar refractivity (Wildman–Crippen MR) is 74.6 cm³/mol. The third-order valence-electron chi connectivity index (χ3n) is 2.17. The Kier molecular flexibility index (Phi) is 4.88. The smallest absolute Gasteiger partial charge is 0.486 e. The molecule has 0 bridgehead atoms. The lowest BCUT2D eigenvalue weighted by molar-refractivity contribution is -0.274. The van der Waals surface area contributed by atoms with E-state index in [4.69, 9.17) is 4.74 Å². The second kappa shape index (κ2) is 6.48. The van der Waals surface area contributed by atoms with Gasteiger partial charge in [-0.25, -0.2) is 0 Å².